The van der Waals surface area contributed by atoms with Crippen molar-refractivity contribution in [2.75, 3.05) is 13.1 Å². The van der Waals surface area contributed by atoms with Crippen molar-refractivity contribution in [2.24, 2.45) is 0 Å². The molecule has 0 aliphatic carbocycles. The Balaban J connectivity index is 2.04. The quantitative estimate of drug-likeness (QED) is 0.881. The number of hydrogen-bond acceptors (Lipinski definition) is 2. The van der Waals surface area contributed by atoms with Crippen LogP contribution in [0.15, 0.2) is 22.7 Å². The van der Waals surface area contributed by atoms with E-state index in [9.17, 15) is 4.79 Å². The van der Waals surface area contributed by atoms with Crippen molar-refractivity contribution >= 4 is 21.8 Å². The number of amides is 1. The number of hydrogen-bond donors (Lipinski definition) is 2. The predicted octanol–water partition coefficient (Wildman–Crippen LogP) is 2.63. The van der Waals surface area contributed by atoms with E-state index in [1.54, 1.807) is 0 Å². The van der Waals surface area contributed by atoms with Crippen LogP contribution in [0, 0.1) is 6.92 Å². The molecule has 1 aromatic carbocycles. The summed E-state index contributed by atoms with van der Waals surface area (Å²) in [6, 6.07) is 6.01. The van der Waals surface area contributed by atoms with Gasteiger partial charge in [-0.2, -0.15) is 0 Å². The van der Waals surface area contributed by atoms with Gasteiger partial charge in [0.15, 0.2) is 0 Å². The van der Waals surface area contributed by atoms with Crippen molar-refractivity contribution in [3.8, 4) is 0 Å². The lowest BCUT2D eigenvalue weighted by Crippen LogP contribution is -2.41. The monoisotopic (exact) mass is 310 g/mol. The van der Waals surface area contributed by atoms with Crippen LogP contribution in [0.4, 0.5) is 0 Å². The highest BCUT2D eigenvalue weighted by atomic mass is 79.9. The number of carbonyl (C=O) groups is 1. The fourth-order valence-electron chi connectivity index (χ4n) is 2.23. The number of halogens is 1. The van der Waals surface area contributed by atoms with Gasteiger partial charge in [-0.1, -0.05) is 18.6 Å². The van der Waals surface area contributed by atoms with Crippen LogP contribution in [0.1, 0.15) is 35.2 Å². The number of rotatable bonds is 2. The largest absolute Gasteiger partial charge is 0.348 e. The molecule has 98 valence electrons. The molecule has 2 N–H and O–H groups in total. The van der Waals surface area contributed by atoms with Crippen LogP contribution in [-0.4, -0.2) is 25.0 Å². The standard InChI is InChI=1S/C14H19BrN2O/c1-10-5-4-7-12(13(10)15)14(18)17-11-6-2-3-8-16-9-11/h4-5,7,11,16H,2-3,6,8-9H2,1H3,(H,17,18). The predicted molar refractivity (Wildman–Crippen MR) is 76.9 cm³/mol. The summed E-state index contributed by atoms with van der Waals surface area (Å²) in [4.78, 5) is 12.2. The van der Waals surface area contributed by atoms with Gasteiger partial charge >= 0.3 is 0 Å². The molecule has 2 rings (SSSR count). The summed E-state index contributed by atoms with van der Waals surface area (Å²) in [6.45, 7) is 3.92. The van der Waals surface area contributed by atoms with Gasteiger partial charge in [0.25, 0.3) is 5.91 Å². The third-order valence-corrected chi connectivity index (χ3v) is 4.37. The topological polar surface area (TPSA) is 41.1 Å². The molecule has 4 heteroatoms. The highest BCUT2D eigenvalue weighted by Crippen LogP contribution is 2.21. The van der Waals surface area contributed by atoms with Crippen LogP contribution in [0.3, 0.4) is 0 Å². The van der Waals surface area contributed by atoms with Gasteiger partial charge in [-0.05, 0) is 53.9 Å². The first-order valence-corrected chi connectivity index (χ1v) is 7.24. The molecule has 0 saturated carbocycles. The van der Waals surface area contributed by atoms with Gasteiger partial charge in [0.05, 0.1) is 5.56 Å². The van der Waals surface area contributed by atoms with Crippen LogP contribution in [0.25, 0.3) is 0 Å². The zero-order valence-corrected chi connectivity index (χ0v) is 12.2. The van der Waals surface area contributed by atoms with Gasteiger partial charge in [0.1, 0.15) is 0 Å². The molecule has 1 unspecified atom stereocenters. The summed E-state index contributed by atoms with van der Waals surface area (Å²) in [6.07, 6.45) is 3.43. The summed E-state index contributed by atoms with van der Waals surface area (Å²) in [5, 5.41) is 6.47. The molecular weight excluding hydrogens is 292 g/mol. The van der Waals surface area contributed by atoms with Crippen LogP contribution in [-0.2, 0) is 0 Å². The van der Waals surface area contributed by atoms with Crippen molar-refractivity contribution < 1.29 is 4.79 Å². The lowest BCUT2D eigenvalue weighted by Gasteiger charge is -2.17. The molecule has 0 spiro atoms. The summed E-state index contributed by atoms with van der Waals surface area (Å²) >= 11 is 3.48. The van der Waals surface area contributed by atoms with Crippen LogP contribution in [0.5, 0.6) is 0 Å². The Bertz CT molecular complexity index is 426. The van der Waals surface area contributed by atoms with Gasteiger partial charge in [0, 0.05) is 17.1 Å². The molecule has 0 radical (unpaired) electrons. The maximum absolute atomic E-state index is 12.2. The van der Waals surface area contributed by atoms with Crippen molar-refractivity contribution in [3.05, 3.63) is 33.8 Å². The smallest absolute Gasteiger partial charge is 0.252 e. The number of aryl methyl sites for hydroxylation is 1. The fourth-order valence-corrected chi connectivity index (χ4v) is 2.67. The number of benzene rings is 1. The Hall–Kier alpha value is -0.870. The molecule has 1 aliphatic heterocycles. The molecule has 1 aromatic rings. The van der Waals surface area contributed by atoms with Crippen molar-refractivity contribution in [1.29, 1.82) is 0 Å². The second-order valence-corrected chi connectivity index (χ2v) is 5.60. The Kier molecular flexibility index (Phi) is 4.78. The summed E-state index contributed by atoms with van der Waals surface area (Å²) < 4.78 is 0.893. The Morgan fingerprint density at radius 1 is 1.44 bits per heavy atom. The molecular formula is C14H19BrN2O. The second kappa shape index (κ2) is 6.34. The van der Waals surface area contributed by atoms with Crippen LogP contribution >= 0.6 is 15.9 Å². The highest BCUT2D eigenvalue weighted by molar-refractivity contribution is 9.10. The van der Waals surface area contributed by atoms with E-state index < -0.39 is 0 Å². The molecule has 1 saturated heterocycles. The molecule has 18 heavy (non-hydrogen) atoms. The second-order valence-electron chi connectivity index (χ2n) is 4.81. The van der Waals surface area contributed by atoms with Gasteiger partial charge in [-0.25, -0.2) is 0 Å². The minimum absolute atomic E-state index is 0.0132. The van der Waals surface area contributed by atoms with E-state index in [4.69, 9.17) is 0 Å². The summed E-state index contributed by atoms with van der Waals surface area (Å²) in [7, 11) is 0. The molecule has 1 heterocycles. The first kappa shape index (κ1) is 13.6. The third-order valence-electron chi connectivity index (χ3n) is 3.32. The Morgan fingerprint density at radius 3 is 3.11 bits per heavy atom. The van der Waals surface area contributed by atoms with E-state index in [-0.39, 0.29) is 11.9 Å². The zero-order valence-electron chi connectivity index (χ0n) is 10.6. The molecule has 1 amide bonds. The van der Waals surface area contributed by atoms with E-state index in [1.807, 2.05) is 25.1 Å². The molecule has 1 aliphatic rings. The first-order valence-electron chi connectivity index (χ1n) is 6.45. The van der Waals surface area contributed by atoms with Gasteiger partial charge in [-0.15, -0.1) is 0 Å². The van der Waals surface area contributed by atoms with Gasteiger partial charge in [-0.3, -0.25) is 4.79 Å². The SMILES string of the molecule is Cc1cccc(C(=O)NC2CCCCNC2)c1Br. The van der Waals surface area contributed by atoms with Crippen molar-refractivity contribution in [3.63, 3.8) is 0 Å². The van der Waals surface area contributed by atoms with Crippen molar-refractivity contribution in [1.82, 2.24) is 10.6 Å². The summed E-state index contributed by atoms with van der Waals surface area (Å²) in [5.41, 5.74) is 1.81. The molecule has 1 atom stereocenters. The van der Waals surface area contributed by atoms with E-state index in [0.717, 1.165) is 35.1 Å². The van der Waals surface area contributed by atoms with E-state index >= 15 is 0 Å². The van der Waals surface area contributed by atoms with Crippen molar-refractivity contribution in [2.45, 2.75) is 32.2 Å². The van der Waals surface area contributed by atoms with Crippen LogP contribution < -0.4 is 10.6 Å². The fraction of sp³-hybridized carbons (Fsp3) is 0.500. The maximum Gasteiger partial charge on any atom is 0.252 e. The van der Waals surface area contributed by atoms with E-state index in [1.165, 1.54) is 12.8 Å². The minimum Gasteiger partial charge on any atom is -0.348 e. The zero-order chi connectivity index (χ0) is 13.0. The number of carbonyl (C=O) groups excluding carboxylic acids is 1. The molecule has 0 bridgehead atoms. The average Bonchev–Trinajstić information content (AvgIpc) is 2.61. The number of nitrogens with one attached hydrogen (secondary N) is 2. The molecule has 1 fully saturated rings. The maximum atomic E-state index is 12.2. The Labute approximate surface area is 116 Å². The Morgan fingerprint density at radius 2 is 2.28 bits per heavy atom. The van der Waals surface area contributed by atoms with Crippen LogP contribution in [0.2, 0.25) is 0 Å². The average molecular weight is 311 g/mol. The normalized spacial score (nSPS) is 20.2. The molecule has 3 nitrogen and oxygen atoms in total. The highest BCUT2D eigenvalue weighted by Gasteiger charge is 2.17. The summed E-state index contributed by atoms with van der Waals surface area (Å²) in [5.74, 6) is 0.0132. The van der Waals surface area contributed by atoms with Gasteiger partial charge < -0.3 is 10.6 Å². The third kappa shape index (κ3) is 3.33. The lowest BCUT2D eigenvalue weighted by molar-refractivity contribution is 0.0934. The van der Waals surface area contributed by atoms with E-state index in [0.29, 0.717) is 0 Å². The van der Waals surface area contributed by atoms with E-state index in [2.05, 4.69) is 26.6 Å². The minimum atomic E-state index is 0.0132. The lowest BCUT2D eigenvalue weighted by atomic mass is 10.1. The van der Waals surface area contributed by atoms with Gasteiger partial charge in [0.2, 0.25) is 0 Å². The first-order chi connectivity index (χ1) is 8.68. The molecule has 0 aromatic heterocycles.